The Bertz CT molecular complexity index is 5430. The molecule has 0 saturated heterocycles. The lowest BCUT2D eigenvalue weighted by molar-refractivity contribution is 0.768. The van der Waals surface area contributed by atoms with Gasteiger partial charge in [0.1, 0.15) is 0 Å². The fourth-order valence-corrected chi connectivity index (χ4v) is 14.9. The molecule has 0 amide bonds. The summed E-state index contributed by atoms with van der Waals surface area (Å²) in [5.74, 6) is 0. The van der Waals surface area contributed by atoms with Crippen LogP contribution < -0.4 is 5.19 Å². The summed E-state index contributed by atoms with van der Waals surface area (Å²) in [5, 5.41) is 9.57. The van der Waals surface area contributed by atoms with Gasteiger partial charge in [-0.05, 0) is 187 Å². The Morgan fingerprint density at radius 3 is 1.34 bits per heavy atom. The molecule has 0 unspecified atom stereocenters. The van der Waals surface area contributed by atoms with Crippen molar-refractivity contribution < 1.29 is 0 Å². The first-order chi connectivity index (χ1) is 51.6. The van der Waals surface area contributed by atoms with E-state index in [0.29, 0.717) is 0 Å². The first-order valence-corrected chi connectivity index (χ1v) is 40.3. The maximum atomic E-state index is 3.98. The van der Waals surface area contributed by atoms with Gasteiger partial charge >= 0.3 is 0 Å². The highest BCUT2D eigenvalue weighted by Gasteiger charge is 2.45. The molecule has 0 N–H and O–H groups in total. The van der Waals surface area contributed by atoms with Crippen molar-refractivity contribution in [2.45, 2.75) is 80.4 Å². The molecule has 0 fully saturated rings. The molecule has 14 aromatic carbocycles. The number of pyridine rings is 2. The summed E-state index contributed by atoms with van der Waals surface area (Å²) in [5.41, 5.74) is 24.4. The third-order valence-corrected chi connectivity index (χ3v) is 21.2. The smallest absolute Gasteiger partial charge is 0.0775 e. The van der Waals surface area contributed by atoms with Crippen molar-refractivity contribution in [1.82, 2.24) is 14.5 Å². The molecule has 17 aromatic rings. The molecule has 0 atom stereocenters. The Labute approximate surface area is 630 Å². The van der Waals surface area contributed by atoms with Crippen LogP contribution in [0, 0.1) is 55.4 Å². The molecule has 0 saturated carbocycles. The number of para-hydroxylation sites is 2. The van der Waals surface area contributed by atoms with E-state index in [9.17, 15) is 0 Å². The minimum Gasteiger partial charge on any atom is -0.309 e. The van der Waals surface area contributed by atoms with Gasteiger partial charge in [-0.3, -0.25) is 9.97 Å². The highest BCUT2D eigenvalue weighted by atomic mass is 28.3. The zero-order valence-corrected chi connectivity index (χ0v) is 64.3. The zero-order valence-electron chi connectivity index (χ0n) is 63.3. The SMILES string of the molecule is Cc1cc2ccccc2c2ccccc12.Cc1ccc([Si](C)(C)C)cc1.Cc1ccc2c(c1)-c1ccccc1C2(c1ccccc1)c1ccccc1.Cc1ccc2c(c1)c1ccccc1n2-c1ccccc1.Cc1ccccc1.Cc1ccccc1-c1ccccc1.Cc1ccccn1.Cc1cccnc1. The number of hydrogen-bond acceptors (Lipinski definition) is 2. The first-order valence-electron chi connectivity index (χ1n) is 36.8. The maximum Gasteiger partial charge on any atom is 0.0775 e. The van der Waals surface area contributed by atoms with Gasteiger partial charge in [-0.25, -0.2) is 0 Å². The molecule has 1 aliphatic carbocycles. The number of fused-ring (bicyclic) bond motifs is 9. The van der Waals surface area contributed by atoms with Gasteiger partial charge in [-0.2, -0.15) is 0 Å². The molecule has 3 aromatic heterocycles. The molecule has 0 bridgehead atoms. The van der Waals surface area contributed by atoms with Crippen molar-refractivity contribution in [1.29, 1.82) is 0 Å². The number of aromatic nitrogens is 3. The van der Waals surface area contributed by atoms with Crippen LogP contribution in [0.5, 0.6) is 0 Å². The van der Waals surface area contributed by atoms with Gasteiger partial charge in [-0.1, -0.05) is 369 Å². The van der Waals surface area contributed by atoms with Crippen molar-refractivity contribution in [3.8, 4) is 27.9 Å². The first kappa shape index (κ1) is 75.1. The van der Waals surface area contributed by atoms with Crippen molar-refractivity contribution in [2.75, 3.05) is 0 Å². The Kier molecular flexibility index (Phi) is 25.8. The van der Waals surface area contributed by atoms with Crippen LogP contribution in [0.4, 0.5) is 0 Å². The second kappa shape index (κ2) is 36.4. The molecule has 1 aliphatic rings. The van der Waals surface area contributed by atoms with Gasteiger partial charge in [0.05, 0.1) is 24.5 Å². The Morgan fingerprint density at radius 1 is 0.292 bits per heavy atom. The third kappa shape index (κ3) is 18.8. The van der Waals surface area contributed by atoms with Gasteiger partial charge in [0.2, 0.25) is 0 Å². The topological polar surface area (TPSA) is 30.7 Å². The molecule has 4 heteroatoms. The molecule has 18 rings (SSSR count). The zero-order chi connectivity index (χ0) is 74.3. The van der Waals surface area contributed by atoms with Gasteiger partial charge in [-0.15, -0.1) is 0 Å². The molecule has 524 valence electrons. The van der Waals surface area contributed by atoms with Crippen LogP contribution in [0.2, 0.25) is 19.6 Å². The van der Waals surface area contributed by atoms with Crippen LogP contribution in [-0.2, 0) is 5.41 Å². The summed E-state index contributed by atoms with van der Waals surface area (Å²) >= 11 is 0. The van der Waals surface area contributed by atoms with Gasteiger partial charge < -0.3 is 4.57 Å². The van der Waals surface area contributed by atoms with Crippen LogP contribution in [0.3, 0.4) is 0 Å². The Balaban J connectivity index is 0.000000126. The second-order valence-electron chi connectivity index (χ2n) is 28.2. The van der Waals surface area contributed by atoms with E-state index in [4.69, 9.17) is 0 Å². The average molecular weight is 1390 g/mol. The van der Waals surface area contributed by atoms with Crippen molar-refractivity contribution in [3.05, 3.63) is 456 Å². The van der Waals surface area contributed by atoms with E-state index in [0.717, 1.165) is 5.69 Å². The lowest BCUT2D eigenvalue weighted by atomic mass is 9.68. The molecule has 3 nitrogen and oxygen atoms in total. The van der Waals surface area contributed by atoms with Crippen molar-refractivity contribution in [3.63, 3.8) is 0 Å². The number of benzene rings is 14. The molecule has 0 spiro atoms. The summed E-state index contributed by atoms with van der Waals surface area (Å²) in [6.07, 6.45) is 5.39. The highest BCUT2D eigenvalue weighted by Crippen LogP contribution is 2.56. The van der Waals surface area contributed by atoms with Crippen LogP contribution in [0.25, 0.3) is 71.3 Å². The minimum absolute atomic E-state index is 0.262. The summed E-state index contributed by atoms with van der Waals surface area (Å²) in [6, 6.07) is 131. The lowest BCUT2D eigenvalue weighted by Crippen LogP contribution is -2.37. The monoisotopic (exact) mass is 1390 g/mol. The fraction of sp³-hybridized carbons (Fsp3) is 0.118. The Morgan fingerprint density at radius 2 is 0.774 bits per heavy atom. The summed E-state index contributed by atoms with van der Waals surface area (Å²) < 4.78 is 2.34. The predicted octanol–water partition coefficient (Wildman–Crippen LogP) is 26.7. The van der Waals surface area contributed by atoms with Crippen LogP contribution in [0.1, 0.15) is 66.9 Å². The average Bonchev–Trinajstić information content (AvgIpc) is 1.54. The number of rotatable bonds is 5. The normalized spacial score (nSPS) is 11.2. The molecule has 0 aliphatic heterocycles. The van der Waals surface area contributed by atoms with E-state index in [1.165, 1.54) is 132 Å². The van der Waals surface area contributed by atoms with E-state index in [2.05, 4.69) is 391 Å². The second-order valence-corrected chi connectivity index (χ2v) is 33.3. The minimum atomic E-state index is -1.06. The highest BCUT2D eigenvalue weighted by molar-refractivity contribution is 6.88. The number of nitrogens with zero attached hydrogens (tertiary/aromatic N) is 3. The third-order valence-electron chi connectivity index (χ3n) is 19.1. The van der Waals surface area contributed by atoms with Crippen molar-refractivity contribution >= 4 is 56.6 Å². The van der Waals surface area contributed by atoms with E-state index in [-0.39, 0.29) is 5.41 Å². The van der Waals surface area contributed by atoms with E-state index in [1.807, 2.05) is 74.6 Å². The predicted molar refractivity (Wildman–Crippen MR) is 460 cm³/mol. The number of aryl methyl sites for hydroxylation is 8. The molecular formula is C102H97N3Si. The largest absolute Gasteiger partial charge is 0.309 e. The van der Waals surface area contributed by atoms with Gasteiger partial charge in [0, 0.05) is 40.7 Å². The quantitative estimate of drug-likeness (QED) is 0.127. The van der Waals surface area contributed by atoms with Crippen LogP contribution in [0.15, 0.2) is 389 Å². The molecule has 106 heavy (non-hydrogen) atoms. The van der Waals surface area contributed by atoms with E-state index < -0.39 is 8.07 Å². The van der Waals surface area contributed by atoms with Gasteiger partial charge in [0.15, 0.2) is 0 Å². The summed E-state index contributed by atoms with van der Waals surface area (Å²) in [6.45, 7) is 24.0. The molecular weight excluding hydrogens is 1300 g/mol. The van der Waals surface area contributed by atoms with Crippen LogP contribution in [-0.4, -0.2) is 22.6 Å². The maximum absolute atomic E-state index is 3.98. The lowest BCUT2D eigenvalue weighted by Gasteiger charge is -2.33. The Hall–Kier alpha value is -12.1. The fourth-order valence-electron chi connectivity index (χ4n) is 13.7. The van der Waals surface area contributed by atoms with Gasteiger partial charge in [0.25, 0.3) is 0 Å². The standard InChI is InChI=1S/C26H20.C19H15N.C15H12.C13H12.C10H16Si.C7H8.2C6H7N/c1-19-16-17-25-23(18-19)22-14-8-9-15-24(22)26(25,20-10-4-2-5-11-20)21-12-6-3-7-13-21;1-14-11-12-19-17(13-14)16-9-5-6-10-18(16)20(19)15-7-3-2-4-8-15;1-11-10-12-6-2-3-8-14(12)15-9-5-4-7-13(11)15;1-11-7-5-6-10-13(11)12-8-3-2-4-9-12;1-9-5-7-10(8-6-9)11(2,3)4;1-7-5-3-2-4-6-7;1-6-3-2-4-7-5-6;1-6-4-2-3-5-7-6/h2-18H,1H3;2-13H,1H3;2-10H,1H3;2-10H,1H3;5-8H,1-4H3;2-6H,1H3;2*2-5H,1H3. The van der Waals surface area contributed by atoms with E-state index >= 15 is 0 Å². The van der Waals surface area contributed by atoms with Crippen molar-refractivity contribution in [2.24, 2.45) is 0 Å². The summed E-state index contributed by atoms with van der Waals surface area (Å²) in [4.78, 5) is 7.86. The van der Waals surface area contributed by atoms with E-state index in [1.54, 1.807) is 17.6 Å². The summed E-state index contributed by atoms with van der Waals surface area (Å²) in [7, 11) is -1.06. The van der Waals surface area contributed by atoms with Crippen LogP contribution >= 0.6 is 0 Å². The molecule has 0 radical (unpaired) electrons. The number of hydrogen-bond donors (Lipinski definition) is 0. The molecule has 3 heterocycles.